The Balaban J connectivity index is 1.08. The second-order valence-electron chi connectivity index (χ2n) is 15.6. The molecule has 0 amide bonds. The molecule has 0 N–H and O–H groups in total. The van der Waals surface area contributed by atoms with E-state index < -0.39 is 0 Å². The highest BCUT2D eigenvalue weighted by molar-refractivity contribution is 5.69. The SMILES string of the molecule is CC(C)CCC[C@@H](C)[C@H]1CC[C@H]2[C@@H]3CC=C4C[C@@H](OC(=O)CCCCCOc5ccccc5)CC[C@]4(C)[C@H]3CC[C@]12C. The number of carbonyl (C=O) groups excluding carboxylic acids is 1. The quantitative estimate of drug-likeness (QED) is 0.133. The van der Waals surface area contributed by atoms with Crippen molar-refractivity contribution in [2.75, 3.05) is 6.61 Å². The van der Waals surface area contributed by atoms with Crippen molar-refractivity contribution in [2.45, 2.75) is 137 Å². The summed E-state index contributed by atoms with van der Waals surface area (Å²) < 4.78 is 11.8. The van der Waals surface area contributed by atoms with Crippen LogP contribution in [0.2, 0.25) is 0 Å². The number of fused-ring (bicyclic) bond motifs is 5. The molecular formula is C39H60O3. The van der Waals surface area contributed by atoms with E-state index in [1.165, 1.54) is 57.8 Å². The van der Waals surface area contributed by atoms with Gasteiger partial charge in [-0.3, -0.25) is 4.79 Å². The van der Waals surface area contributed by atoms with Crippen LogP contribution in [0, 0.1) is 46.3 Å². The lowest BCUT2D eigenvalue weighted by molar-refractivity contribution is -0.151. The number of hydrogen-bond donors (Lipinski definition) is 0. The summed E-state index contributed by atoms with van der Waals surface area (Å²) in [6.07, 6.45) is 20.5. The minimum absolute atomic E-state index is 0.00480. The number of carbonyl (C=O) groups is 1. The highest BCUT2D eigenvalue weighted by Gasteiger charge is 2.59. The summed E-state index contributed by atoms with van der Waals surface area (Å²) in [5, 5.41) is 0. The second kappa shape index (κ2) is 13.9. The van der Waals surface area contributed by atoms with E-state index in [9.17, 15) is 4.79 Å². The summed E-state index contributed by atoms with van der Waals surface area (Å²) in [4.78, 5) is 12.7. The van der Waals surface area contributed by atoms with Crippen LogP contribution < -0.4 is 4.74 Å². The standard InChI is InChI=1S/C39H60O3/c1-28(2)13-12-14-29(3)34-20-21-35-33-19-18-30-27-32(22-24-38(30,4)36(33)23-25-39(34,35)5)42-37(40)17-10-7-11-26-41-31-15-8-6-9-16-31/h6,8-9,15-16,18,28-29,32-36H,7,10-14,17,19-27H2,1-5H3/t29-,32+,33+,34-,35+,36+,38+,39-/m1/s1. The molecule has 0 aliphatic heterocycles. The van der Waals surface area contributed by atoms with E-state index in [1.54, 1.807) is 5.57 Å². The van der Waals surface area contributed by atoms with Crippen molar-refractivity contribution in [3.63, 3.8) is 0 Å². The summed E-state index contributed by atoms with van der Waals surface area (Å²) in [6.45, 7) is 13.3. The van der Waals surface area contributed by atoms with Crippen molar-refractivity contribution in [1.82, 2.24) is 0 Å². The van der Waals surface area contributed by atoms with Crippen LogP contribution in [0.5, 0.6) is 5.75 Å². The van der Waals surface area contributed by atoms with Crippen molar-refractivity contribution in [2.24, 2.45) is 46.3 Å². The minimum Gasteiger partial charge on any atom is -0.494 e. The van der Waals surface area contributed by atoms with Gasteiger partial charge in [0.2, 0.25) is 0 Å². The molecule has 1 aromatic carbocycles. The molecule has 3 saturated carbocycles. The molecule has 0 bridgehead atoms. The first-order valence-electron chi connectivity index (χ1n) is 17.8. The average Bonchev–Trinajstić information content (AvgIpc) is 3.33. The Bertz CT molecular complexity index is 1040. The number of unbranched alkanes of at least 4 members (excludes halogenated alkanes) is 2. The highest BCUT2D eigenvalue weighted by Crippen LogP contribution is 2.67. The number of rotatable bonds is 13. The largest absolute Gasteiger partial charge is 0.494 e. The molecule has 3 heteroatoms. The summed E-state index contributed by atoms with van der Waals surface area (Å²) in [5.41, 5.74) is 2.47. The molecule has 5 rings (SSSR count). The fourth-order valence-electron chi connectivity index (χ4n) is 10.3. The van der Waals surface area contributed by atoms with Crippen molar-refractivity contribution in [3.05, 3.63) is 42.0 Å². The molecule has 4 aliphatic rings. The van der Waals surface area contributed by atoms with Crippen LogP contribution in [0.1, 0.15) is 131 Å². The van der Waals surface area contributed by atoms with E-state index in [-0.39, 0.29) is 12.1 Å². The molecule has 1 aromatic rings. The van der Waals surface area contributed by atoms with Gasteiger partial charge in [0.15, 0.2) is 0 Å². The van der Waals surface area contributed by atoms with E-state index in [0.29, 0.717) is 23.9 Å². The molecule has 234 valence electrons. The monoisotopic (exact) mass is 576 g/mol. The van der Waals surface area contributed by atoms with E-state index in [4.69, 9.17) is 9.47 Å². The van der Waals surface area contributed by atoms with Gasteiger partial charge in [-0.15, -0.1) is 0 Å². The van der Waals surface area contributed by atoms with Crippen LogP contribution in [0.15, 0.2) is 42.0 Å². The number of esters is 1. The zero-order valence-corrected chi connectivity index (χ0v) is 27.5. The molecule has 0 unspecified atom stereocenters. The normalized spacial score (nSPS) is 34.6. The molecule has 0 heterocycles. The number of allylic oxidation sites excluding steroid dienone is 1. The summed E-state index contributed by atoms with van der Waals surface area (Å²) in [7, 11) is 0. The lowest BCUT2D eigenvalue weighted by Crippen LogP contribution is -2.51. The third-order valence-corrected chi connectivity index (χ3v) is 12.6. The zero-order valence-electron chi connectivity index (χ0n) is 27.5. The first kappa shape index (κ1) is 31.6. The van der Waals surface area contributed by atoms with Crippen LogP contribution in [-0.4, -0.2) is 18.7 Å². The van der Waals surface area contributed by atoms with E-state index >= 15 is 0 Å². The van der Waals surface area contributed by atoms with Crippen LogP contribution in [0.25, 0.3) is 0 Å². The molecule has 4 aliphatic carbocycles. The van der Waals surface area contributed by atoms with Gasteiger partial charge < -0.3 is 9.47 Å². The lowest BCUT2D eigenvalue weighted by Gasteiger charge is -2.58. The lowest BCUT2D eigenvalue weighted by atomic mass is 9.47. The highest BCUT2D eigenvalue weighted by atomic mass is 16.5. The predicted molar refractivity (Wildman–Crippen MR) is 173 cm³/mol. The van der Waals surface area contributed by atoms with E-state index in [1.807, 2.05) is 30.3 Å². The Morgan fingerprint density at radius 3 is 2.50 bits per heavy atom. The first-order valence-corrected chi connectivity index (χ1v) is 17.8. The Hall–Kier alpha value is -1.77. The van der Waals surface area contributed by atoms with Crippen LogP contribution in [0.4, 0.5) is 0 Å². The predicted octanol–water partition coefficient (Wildman–Crippen LogP) is 10.6. The summed E-state index contributed by atoms with van der Waals surface area (Å²) in [5.74, 6) is 6.11. The van der Waals surface area contributed by atoms with Gasteiger partial charge in [-0.1, -0.05) is 83.7 Å². The van der Waals surface area contributed by atoms with Crippen molar-refractivity contribution < 1.29 is 14.3 Å². The number of para-hydroxylation sites is 1. The van der Waals surface area contributed by atoms with Gasteiger partial charge in [-0.2, -0.15) is 0 Å². The third kappa shape index (κ3) is 6.96. The molecule has 3 fully saturated rings. The molecule has 3 nitrogen and oxygen atoms in total. The first-order chi connectivity index (χ1) is 20.2. The van der Waals surface area contributed by atoms with Gasteiger partial charge in [0.1, 0.15) is 11.9 Å². The van der Waals surface area contributed by atoms with E-state index in [0.717, 1.165) is 73.4 Å². The summed E-state index contributed by atoms with van der Waals surface area (Å²) >= 11 is 0. The molecular weight excluding hydrogens is 516 g/mol. The fourth-order valence-corrected chi connectivity index (χ4v) is 10.3. The van der Waals surface area contributed by atoms with Gasteiger partial charge in [0, 0.05) is 12.8 Å². The van der Waals surface area contributed by atoms with Gasteiger partial charge in [-0.25, -0.2) is 0 Å². The molecule has 0 aromatic heterocycles. The number of benzene rings is 1. The maximum atomic E-state index is 12.7. The minimum atomic E-state index is -0.00480. The number of ether oxygens (including phenoxy) is 2. The molecule has 0 radical (unpaired) electrons. The zero-order chi connectivity index (χ0) is 29.7. The smallest absolute Gasteiger partial charge is 0.306 e. The molecule has 0 saturated heterocycles. The number of hydrogen-bond acceptors (Lipinski definition) is 3. The Labute approximate surface area is 257 Å². The maximum absolute atomic E-state index is 12.7. The Morgan fingerprint density at radius 1 is 0.905 bits per heavy atom. The van der Waals surface area contributed by atoms with Crippen LogP contribution >= 0.6 is 0 Å². The third-order valence-electron chi connectivity index (χ3n) is 12.6. The Morgan fingerprint density at radius 2 is 1.71 bits per heavy atom. The second-order valence-corrected chi connectivity index (χ2v) is 15.6. The topological polar surface area (TPSA) is 35.5 Å². The fraction of sp³-hybridized carbons (Fsp3) is 0.769. The molecule has 0 spiro atoms. The maximum Gasteiger partial charge on any atom is 0.306 e. The van der Waals surface area contributed by atoms with Gasteiger partial charge in [0.25, 0.3) is 0 Å². The summed E-state index contributed by atoms with van der Waals surface area (Å²) in [6, 6.07) is 9.96. The van der Waals surface area contributed by atoms with Gasteiger partial charge >= 0.3 is 5.97 Å². The van der Waals surface area contributed by atoms with Crippen molar-refractivity contribution >= 4 is 5.97 Å². The van der Waals surface area contributed by atoms with Gasteiger partial charge in [-0.05, 0) is 123 Å². The van der Waals surface area contributed by atoms with E-state index in [2.05, 4.69) is 40.7 Å². The molecule has 42 heavy (non-hydrogen) atoms. The Kier molecular flexibility index (Phi) is 10.5. The average molecular weight is 577 g/mol. The van der Waals surface area contributed by atoms with Crippen molar-refractivity contribution in [3.8, 4) is 5.75 Å². The van der Waals surface area contributed by atoms with Gasteiger partial charge in [0.05, 0.1) is 6.61 Å². The molecule has 8 atom stereocenters. The van der Waals surface area contributed by atoms with Crippen molar-refractivity contribution in [1.29, 1.82) is 0 Å². The van der Waals surface area contributed by atoms with Crippen LogP contribution in [0.3, 0.4) is 0 Å². The van der Waals surface area contributed by atoms with Crippen LogP contribution in [-0.2, 0) is 9.53 Å².